The zero-order chi connectivity index (χ0) is 7.98. The van der Waals surface area contributed by atoms with E-state index in [1.807, 2.05) is 6.92 Å². The lowest BCUT2D eigenvalue weighted by Crippen LogP contribution is -2.33. The van der Waals surface area contributed by atoms with Crippen LogP contribution in [0.5, 0.6) is 0 Å². The van der Waals surface area contributed by atoms with Crippen LogP contribution in [0.3, 0.4) is 0 Å². The molecule has 0 aliphatic carbocycles. The molecule has 0 fully saturated rings. The molecule has 0 unspecified atom stereocenters. The number of hydrogen-bond donors (Lipinski definition) is 1. The highest BCUT2D eigenvalue weighted by molar-refractivity contribution is 5.78. The Hall–Kier alpha value is -1.24. The van der Waals surface area contributed by atoms with E-state index in [-0.39, 0.29) is 12.5 Å². The van der Waals surface area contributed by atoms with Crippen LogP contribution in [0.2, 0.25) is 0 Å². The zero-order valence-electron chi connectivity index (χ0n) is 6.22. The minimum Gasteiger partial charge on any atom is -0.344 e. The molecule has 4 heteroatoms. The third kappa shape index (κ3) is 2.92. The fourth-order valence-corrected chi connectivity index (χ4v) is 0.426. The van der Waals surface area contributed by atoms with E-state index < -0.39 is 0 Å². The predicted octanol–water partition coefficient (Wildman–Crippen LogP) is -0.465. The molecule has 10 heavy (non-hydrogen) atoms. The lowest BCUT2D eigenvalue weighted by Gasteiger charge is -2.12. The number of carbonyl (C=O) groups excluding carboxylic acids is 1. The Labute approximate surface area is 60.4 Å². The molecule has 0 bridgehead atoms. The summed E-state index contributed by atoms with van der Waals surface area (Å²) >= 11 is 0. The molecule has 0 spiro atoms. The molecule has 0 aromatic heterocycles. The highest BCUT2D eigenvalue weighted by Gasteiger charge is 2.03. The third-order valence-electron chi connectivity index (χ3n) is 1.22. The smallest absolute Gasteiger partial charge is 0.242 e. The van der Waals surface area contributed by atoms with Crippen LogP contribution in [-0.2, 0) is 4.79 Å². The van der Waals surface area contributed by atoms with E-state index in [4.69, 9.17) is 5.26 Å². The van der Waals surface area contributed by atoms with Crippen molar-refractivity contribution in [2.24, 2.45) is 0 Å². The lowest BCUT2D eigenvalue weighted by atomic mass is 10.5. The first-order valence-corrected chi connectivity index (χ1v) is 3.08. The van der Waals surface area contributed by atoms with Gasteiger partial charge < -0.3 is 10.2 Å². The van der Waals surface area contributed by atoms with E-state index in [1.165, 1.54) is 0 Å². The maximum atomic E-state index is 10.8. The number of amides is 1. The Balaban J connectivity index is 3.54. The fraction of sp³-hybridized carbons (Fsp3) is 0.667. The summed E-state index contributed by atoms with van der Waals surface area (Å²) in [6.45, 7) is 2.65. The van der Waals surface area contributed by atoms with Gasteiger partial charge in [0.15, 0.2) is 6.19 Å². The summed E-state index contributed by atoms with van der Waals surface area (Å²) in [5.74, 6) is -0.0657. The van der Waals surface area contributed by atoms with Crippen molar-refractivity contribution in [3.05, 3.63) is 0 Å². The van der Waals surface area contributed by atoms with Crippen molar-refractivity contribution in [3.8, 4) is 6.19 Å². The SMILES string of the molecule is CCN(C)C(=O)CNC#N. The largest absolute Gasteiger partial charge is 0.344 e. The molecule has 0 aromatic carbocycles. The fourth-order valence-electron chi connectivity index (χ4n) is 0.426. The molecule has 0 atom stereocenters. The Morgan fingerprint density at radius 3 is 2.80 bits per heavy atom. The number of rotatable bonds is 3. The van der Waals surface area contributed by atoms with Crippen LogP contribution in [-0.4, -0.2) is 30.9 Å². The van der Waals surface area contributed by atoms with Crippen LogP contribution in [0.15, 0.2) is 0 Å². The molecule has 0 radical (unpaired) electrons. The highest BCUT2D eigenvalue weighted by Crippen LogP contribution is 1.80. The molecule has 0 aromatic rings. The van der Waals surface area contributed by atoms with Gasteiger partial charge in [0.1, 0.15) is 6.54 Å². The maximum absolute atomic E-state index is 10.8. The van der Waals surface area contributed by atoms with Crippen LogP contribution in [0.1, 0.15) is 6.92 Å². The lowest BCUT2D eigenvalue weighted by molar-refractivity contribution is -0.128. The van der Waals surface area contributed by atoms with Crippen molar-refractivity contribution in [2.45, 2.75) is 6.92 Å². The van der Waals surface area contributed by atoms with Crippen LogP contribution >= 0.6 is 0 Å². The van der Waals surface area contributed by atoms with E-state index in [0.717, 1.165) is 0 Å². The predicted molar refractivity (Wildman–Crippen MR) is 36.9 cm³/mol. The van der Waals surface area contributed by atoms with Gasteiger partial charge in [0.2, 0.25) is 5.91 Å². The summed E-state index contributed by atoms with van der Waals surface area (Å²) in [6.07, 6.45) is 1.68. The molecule has 56 valence electrons. The van der Waals surface area contributed by atoms with Gasteiger partial charge in [0.05, 0.1) is 0 Å². The summed E-state index contributed by atoms with van der Waals surface area (Å²) < 4.78 is 0. The molecule has 0 saturated heterocycles. The average molecular weight is 141 g/mol. The van der Waals surface area contributed by atoms with Crippen LogP contribution in [0.4, 0.5) is 0 Å². The van der Waals surface area contributed by atoms with Crippen LogP contribution in [0, 0.1) is 11.5 Å². The van der Waals surface area contributed by atoms with Crippen LogP contribution < -0.4 is 5.32 Å². The van der Waals surface area contributed by atoms with Gasteiger partial charge in [-0.3, -0.25) is 4.79 Å². The van der Waals surface area contributed by atoms with Crippen molar-refractivity contribution in [1.29, 1.82) is 5.26 Å². The monoisotopic (exact) mass is 141 g/mol. The van der Waals surface area contributed by atoms with Crippen molar-refractivity contribution in [2.75, 3.05) is 20.1 Å². The Bertz CT molecular complexity index is 150. The van der Waals surface area contributed by atoms with Crippen LogP contribution in [0.25, 0.3) is 0 Å². The molecule has 0 saturated carbocycles. The molecule has 1 N–H and O–H groups in total. The molecular formula is C6H11N3O. The number of likely N-dealkylation sites (N-methyl/N-ethyl adjacent to an activating group) is 1. The average Bonchev–Trinajstić information content (AvgIpc) is 1.98. The molecule has 0 aliphatic heterocycles. The molecular weight excluding hydrogens is 130 g/mol. The summed E-state index contributed by atoms with van der Waals surface area (Å²) in [4.78, 5) is 12.4. The van der Waals surface area contributed by atoms with Gasteiger partial charge in [-0.15, -0.1) is 0 Å². The second-order valence-corrected chi connectivity index (χ2v) is 1.87. The number of hydrogen-bond acceptors (Lipinski definition) is 3. The summed E-state index contributed by atoms with van der Waals surface area (Å²) in [6, 6.07) is 0. The molecule has 0 aliphatic rings. The van der Waals surface area contributed by atoms with E-state index in [2.05, 4.69) is 5.32 Å². The van der Waals surface area contributed by atoms with E-state index in [0.29, 0.717) is 6.54 Å². The molecule has 1 amide bonds. The second kappa shape index (κ2) is 4.62. The van der Waals surface area contributed by atoms with Gasteiger partial charge in [-0.25, -0.2) is 0 Å². The van der Waals surface area contributed by atoms with Gasteiger partial charge in [0.25, 0.3) is 0 Å². The maximum Gasteiger partial charge on any atom is 0.242 e. The van der Waals surface area contributed by atoms with E-state index in [9.17, 15) is 4.79 Å². The first kappa shape index (κ1) is 8.76. The summed E-state index contributed by atoms with van der Waals surface area (Å²) in [5, 5.41) is 10.3. The van der Waals surface area contributed by atoms with Crippen molar-refractivity contribution in [3.63, 3.8) is 0 Å². The van der Waals surface area contributed by atoms with Gasteiger partial charge in [-0.2, -0.15) is 5.26 Å². The Morgan fingerprint density at radius 1 is 1.80 bits per heavy atom. The van der Waals surface area contributed by atoms with Crippen molar-refractivity contribution < 1.29 is 4.79 Å². The quantitative estimate of drug-likeness (QED) is 0.427. The van der Waals surface area contributed by atoms with Gasteiger partial charge in [0, 0.05) is 13.6 Å². The normalized spacial score (nSPS) is 8.10. The number of nitriles is 1. The first-order valence-electron chi connectivity index (χ1n) is 3.08. The highest BCUT2D eigenvalue weighted by atomic mass is 16.2. The molecule has 4 nitrogen and oxygen atoms in total. The minimum atomic E-state index is -0.0657. The van der Waals surface area contributed by atoms with E-state index >= 15 is 0 Å². The summed E-state index contributed by atoms with van der Waals surface area (Å²) in [7, 11) is 1.70. The standard InChI is InChI=1S/C6H11N3O/c1-3-9(2)6(10)4-8-5-7/h8H,3-4H2,1-2H3. The first-order chi connectivity index (χ1) is 4.72. The van der Waals surface area contributed by atoms with Crippen molar-refractivity contribution >= 4 is 5.91 Å². The number of carbonyl (C=O) groups is 1. The minimum absolute atomic E-state index is 0.0657. The summed E-state index contributed by atoms with van der Waals surface area (Å²) in [5.41, 5.74) is 0. The van der Waals surface area contributed by atoms with E-state index in [1.54, 1.807) is 18.1 Å². The van der Waals surface area contributed by atoms with Crippen molar-refractivity contribution in [1.82, 2.24) is 10.2 Å². The number of nitrogens with zero attached hydrogens (tertiary/aromatic N) is 2. The Kier molecular flexibility index (Phi) is 4.05. The second-order valence-electron chi connectivity index (χ2n) is 1.87. The topological polar surface area (TPSA) is 56.1 Å². The third-order valence-corrected chi connectivity index (χ3v) is 1.22. The Morgan fingerprint density at radius 2 is 2.40 bits per heavy atom. The number of nitrogens with one attached hydrogen (secondary N) is 1. The zero-order valence-corrected chi connectivity index (χ0v) is 6.22. The van der Waals surface area contributed by atoms with Gasteiger partial charge in [-0.1, -0.05) is 0 Å². The molecule has 0 rings (SSSR count). The molecule has 0 heterocycles. The van der Waals surface area contributed by atoms with Gasteiger partial charge in [-0.05, 0) is 6.92 Å². The van der Waals surface area contributed by atoms with Gasteiger partial charge >= 0.3 is 0 Å².